The third kappa shape index (κ3) is 1.93. The minimum absolute atomic E-state index is 0.275. The number of rotatable bonds is 3. The van der Waals surface area contributed by atoms with Crippen LogP contribution >= 0.6 is 0 Å². The molecule has 1 aromatic heterocycles. The van der Waals surface area contributed by atoms with E-state index in [9.17, 15) is 4.39 Å². The molecule has 0 bridgehead atoms. The second-order valence-electron chi connectivity index (χ2n) is 6.04. The van der Waals surface area contributed by atoms with Crippen molar-refractivity contribution in [1.82, 2.24) is 10.1 Å². The van der Waals surface area contributed by atoms with Crippen LogP contribution in [-0.2, 0) is 11.0 Å². The van der Waals surface area contributed by atoms with Crippen LogP contribution in [-0.4, -0.2) is 10.1 Å². The molecule has 0 atom stereocenters. The highest BCUT2D eigenvalue weighted by Gasteiger charge is 2.41. The third-order valence-corrected chi connectivity index (χ3v) is 4.20. The SMILES string of the molecule is CC(C)(c1nc(C2(N)CCC2)no1)c1ccccc1F. The molecule has 0 aliphatic heterocycles. The van der Waals surface area contributed by atoms with Gasteiger partial charge in [0.15, 0.2) is 5.82 Å². The summed E-state index contributed by atoms with van der Waals surface area (Å²) >= 11 is 0. The van der Waals surface area contributed by atoms with E-state index < -0.39 is 11.0 Å². The molecular formula is C15H18FN3O. The molecule has 1 aromatic carbocycles. The number of hydrogen-bond acceptors (Lipinski definition) is 4. The lowest BCUT2D eigenvalue weighted by molar-refractivity contribution is 0.228. The van der Waals surface area contributed by atoms with Gasteiger partial charge in [0.1, 0.15) is 5.82 Å². The summed E-state index contributed by atoms with van der Waals surface area (Å²) in [5, 5.41) is 4.00. The fourth-order valence-corrected chi connectivity index (χ4v) is 2.54. The minimum atomic E-state index is -0.684. The highest BCUT2D eigenvalue weighted by molar-refractivity contribution is 5.31. The lowest BCUT2D eigenvalue weighted by Gasteiger charge is -2.34. The van der Waals surface area contributed by atoms with Crippen molar-refractivity contribution < 1.29 is 8.91 Å². The summed E-state index contributed by atoms with van der Waals surface area (Å²) in [5.41, 5.74) is 5.58. The number of halogens is 1. The molecule has 4 nitrogen and oxygen atoms in total. The maximum Gasteiger partial charge on any atom is 0.236 e. The lowest BCUT2D eigenvalue weighted by Crippen LogP contribution is -2.44. The smallest absolute Gasteiger partial charge is 0.236 e. The number of benzene rings is 1. The molecule has 1 fully saturated rings. The Morgan fingerprint density at radius 3 is 2.60 bits per heavy atom. The molecule has 0 saturated heterocycles. The first-order valence-electron chi connectivity index (χ1n) is 6.82. The van der Waals surface area contributed by atoms with Crippen molar-refractivity contribution in [3.05, 3.63) is 47.4 Å². The van der Waals surface area contributed by atoms with Crippen LogP contribution in [0.25, 0.3) is 0 Å². The van der Waals surface area contributed by atoms with Gasteiger partial charge in [0.2, 0.25) is 5.89 Å². The number of nitrogens with two attached hydrogens (primary N) is 1. The normalized spacial score (nSPS) is 17.8. The summed E-state index contributed by atoms with van der Waals surface area (Å²) < 4.78 is 19.3. The fraction of sp³-hybridized carbons (Fsp3) is 0.467. The van der Waals surface area contributed by atoms with Crippen molar-refractivity contribution in [3.63, 3.8) is 0 Å². The van der Waals surface area contributed by atoms with Crippen molar-refractivity contribution >= 4 is 0 Å². The van der Waals surface area contributed by atoms with E-state index >= 15 is 0 Å². The Balaban J connectivity index is 1.98. The quantitative estimate of drug-likeness (QED) is 0.935. The second kappa shape index (κ2) is 4.38. The molecular weight excluding hydrogens is 257 g/mol. The predicted octanol–water partition coefficient (Wildman–Crippen LogP) is 2.87. The van der Waals surface area contributed by atoms with Gasteiger partial charge in [0.25, 0.3) is 0 Å². The summed E-state index contributed by atoms with van der Waals surface area (Å²) in [4.78, 5) is 4.42. The highest BCUT2D eigenvalue weighted by atomic mass is 19.1. The average Bonchev–Trinajstić information content (AvgIpc) is 2.87. The van der Waals surface area contributed by atoms with Gasteiger partial charge in [-0.05, 0) is 39.2 Å². The largest absolute Gasteiger partial charge is 0.338 e. The van der Waals surface area contributed by atoms with E-state index in [0.29, 0.717) is 17.3 Å². The van der Waals surface area contributed by atoms with Gasteiger partial charge >= 0.3 is 0 Å². The molecule has 1 aliphatic rings. The maximum absolute atomic E-state index is 14.0. The average molecular weight is 275 g/mol. The summed E-state index contributed by atoms with van der Waals surface area (Å²) in [6.45, 7) is 3.74. The highest BCUT2D eigenvalue weighted by Crippen LogP contribution is 2.39. The Hall–Kier alpha value is -1.75. The predicted molar refractivity (Wildman–Crippen MR) is 72.5 cm³/mol. The summed E-state index contributed by atoms with van der Waals surface area (Å²) in [6.07, 6.45) is 2.81. The molecule has 1 aliphatic carbocycles. The number of hydrogen-bond donors (Lipinski definition) is 1. The van der Waals surface area contributed by atoms with Crippen molar-refractivity contribution in [2.45, 2.75) is 44.1 Å². The van der Waals surface area contributed by atoms with Crippen LogP contribution in [0.3, 0.4) is 0 Å². The molecule has 3 rings (SSSR count). The van der Waals surface area contributed by atoms with Gasteiger partial charge in [0.05, 0.1) is 11.0 Å². The van der Waals surface area contributed by atoms with E-state index in [2.05, 4.69) is 10.1 Å². The Kier molecular flexibility index (Phi) is 2.90. The minimum Gasteiger partial charge on any atom is -0.338 e. The molecule has 2 N–H and O–H groups in total. The van der Waals surface area contributed by atoms with Gasteiger partial charge in [-0.1, -0.05) is 23.4 Å². The van der Waals surface area contributed by atoms with Crippen molar-refractivity contribution in [1.29, 1.82) is 0 Å². The van der Waals surface area contributed by atoms with E-state index in [4.69, 9.17) is 10.3 Å². The van der Waals surface area contributed by atoms with Crippen LogP contribution in [0.5, 0.6) is 0 Å². The molecule has 0 unspecified atom stereocenters. The molecule has 5 heteroatoms. The molecule has 1 heterocycles. The van der Waals surface area contributed by atoms with Crippen LogP contribution < -0.4 is 5.73 Å². The first-order valence-corrected chi connectivity index (χ1v) is 6.82. The van der Waals surface area contributed by atoms with E-state index in [-0.39, 0.29) is 5.82 Å². The number of nitrogens with zero attached hydrogens (tertiary/aromatic N) is 2. The van der Waals surface area contributed by atoms with E-state index in [0.717, 1.165) is 19.3 Å². The summed E-state index contributed by atoms with van der Waals surface area (Å²) in [5.74, 6) is 0.654. The van der Waals surface area contributed by atoms with Crippen molar-refractivity contribution in [2.24, 2.45) is 5.73 Å². The van der Waals surface area contributed by atoms with Crippen LogP contribution in [0.1, 0.15) is 50.4 Å². The first kappa shape index (κ1) is 13.2. The van der Waals surface area contributed by atoms with Gasteiger partial charge < -0.3 is 10.3 Å². The van der Waals surface area contributed by atoms with Crippen molar-refractivity contribution in [3.8, 4) is 0 Å². The molecule has 0 radical (unpaired) electrons. The van der Waals surface area contributed by atoms with Gasteiger partial charge in [-0.25, -0.2) is 4.39 Å². The van der Waals surface area contributed by atoms with Gasteiger partial charge in [-0.3, -0.25) is 0 Å². The molecule has 0 spiro atoms. The Morgan fingerprint density at radius 2 is 2.00 bits per heavy atom. The number of aromatic nitrogens is 2. The van der Waals surface area contributed by atoms with E-state index in [1.165, 1.54) is 6.07 Å². The summed E-state index contributed by atoms with van der Waals surface area (Å²) in [6, 6.07) is 6.64. The van der Waals surface area contributed by atoms with Crippen LogP contribution in [0.4, 0.5) is 4.39 Å². The molecule has 1 saturated carbocycles. The van der Waals surface area contributed by atoms with E-state index in [1.54, 1.807) is 18.2 Å². The zero-order valence-corrected chi connectivity index (χ0v) is 11.7. The van der Waals surface area contributed by atoms with Crippen LogP contribution in [0.15, 0.2) is 28.8 Å². The Bertz CT molecular complexity index is 632. The first-order chi connectivity index (χ1) is 9.43. The van der Waals surface area contributed by atoms with Crippen LogP contribution in [0.2, 0.25) is 0 Å². The van der Waals surface area contributed by atoms with Crippen molar-refractivity contribution in [2.75, 3.05) is 0 Å². The van der Waals surface area contributed by atoms with Crippen LogP contribution in [0, 0.1) is 5.82 Å². The standard InChI is InChI=1S/C15H18FN3O/c1-14(2,10-6-3-4-7-11(10)16)13-18-12(19-20-13)15(17)8-5-9-15/h3-4,6-7H,5,8-9,17H2,1-2H3. The Labute approximate surface area is 117 Å². The second-order valence-corrected chi connectivity index (χ2v) is 6.04. The maximum atomic E-state index is 14.0. The van der Waals surface area contributed by atoms with Gasteiger partial charge in [0, 0.05) is 5.56 Å². The summed E-state index contributed by atoms with van der Waals surface area (Å²) in [7, 11) is 0. The zero-order chi connectivity index (χ0) is 14.4. The van der Waals surface area contributed by atoms with Gasteiger partial charge in [-0.2, -0.15) is 4.98 Å². The van der Waals surface area contributed by atoms with Gasteiger partial charge in [-0.15, -0.1) is 0 Å². The zero-order valence-electron chi connectivity index (χ0n) is 11.7. The Morgan fingerprint density at radius 1 is 1.30 bits per heavy atom. The molecule has 0 amide bonds. The third-order valence-electron chi connectivity index (χ3n) is 4.20. The fourth-order valence-electron chi connectivity index (χ4n) is 2.54. The van der Waals surface area contributed by atoms with E-state index in [1.807, 2.05) is 13.8 Å². The lowest BCUT2D eigenvalue weighted by atomic mass is 9.77. The molecule has 106 valence electrons. The topological polar surface area (TPSA) is 64.9 Å². The molecule has 20 heavy (non-hydrogen) atoms. The molecule has 2 aromatic rings. The monoisotopic (exact) mass is 275 g/mol.